The quantitative estimate of drug-likeness (QED) is 0.312. The highest BCUT2D eigenvalue weighted by Gasteiger charge is 2.29. The minimum absolute atomic E-state index is 0.532. The Hall–Kier alpha value is -4.56. The van der Waals surface area contributed by atoms with Crippen molar-refractivity contribution in [1.29, 1.82) is 0 Å². The van der Waals surface area contributed by atoms with Crippen LogP contribution in [0.3, 0.4) is 0 Å². The van der Waals surface area contributed by atoms with Crippen LogP contribution in [0.15, 0.2) is 91.1 Å². The number of hydrogen-bond donors (Lipinski definition) is 2. The molecule has 39 heavy (non-hydrogen) atoms. The van der Waals surface area contributed by atoms with Crippen LogP contribution >= 0.6 is 0 Å². The van der Waals surface area contributed by atoms with Gasteiger partial charge in [-0.3, -0.25) is 10.00 Å². The lowest BCUT2D eigenvalue weighted by Gasteiger charge is -2.37. The van der Waals surface area contributed by atoms with Crippen LogP contribution in [0.5, 0.6) is 0 Å². The van der Waals surface area contributed by atoms with Gasteiger partial charge < -0.3 is 10.2 Å². The Morgan fingerprint density at radius 3 is 2.33 bits per heavy atom. The van der Waals surface area contributed by atoms with E-state index in [9.17, 15) is 0 Å². The predicted octanol–water partition coefficient (Wildman–Crippen LogP) is 5.45. The fourth-order valence-electron chi connectivity index (χ4n) is 5.68. The molecule has 5 aromatic rings. The highest BCUT2D eigenvalue weighted by molar-refractivity contribution is 5.78. The first kappa shape index (κ1) is 23.5. The third-order valence-corrected chi connectivity index (χ3v) is 7.76. The number of nitrogens with one attached hydrogen (secondary N) is 2. The summed E-state index contributed by atoms with van der Waals surface area (Å²) in [5.74, 6) is 0.532. The number of nitrogens with zero attached hydrogens (tertiary/aromatic N) is 6. The number of aromatic amines is 1. The molecule has 0 atom stereocenters. The largest absolute Gasteiger partial charge is 0.366 e. The van der Waals surface area contributed by atoms with Crippen LogP contribution in [0.1, 0.15) is 18.4 Å². The van der Waals surface area contributed by atoms with E-state index in [0.717, 1.165) is 54.5 Å². The van der Waals surface area contributed by atoms with Crippen molar-refractivity contribution in [1.82, 2.24) is 30.3 Å². The maximum Gasteiger partial charge on any atom is 0.200 e. The number of benzene rings is 3. The van der Waals surface area contributed by atoms with Gasteiger partial charge in [-0.15, -0.1) is 10.2 Å². The molecule has 0 aliphatic carbocycles. The molecule has 0 spiro atoms. The van der Waals surface area contributed by atoms with E-state index in [1.54, 1.807) is 6.20 Å². The maximum absolute atomic E-state index is 4.90. The zero-order valence-electron chi connectivity index (χ0n) is 21.7. The Kier molecular flexibility index (Phi) is 6.22. The number of anilines is 2. The molecule has 0 saturated carbocycles. The molecule has 1 saturated heterocycles. The van der Waals surface area contributed by atoms with Crippen molar-refractivity contribution in [2.75, 3.05) is 30.0 Å². The van der Waals surface area contributed by atoms with E-state index in [2.05, 4.69) is 84.0 Å². The van der Waals surface area contributed by atoms with Crippen molar-refractivity contribution < 1.29 is 0 Å². The van der Waals surface area contributed by atoms with Gasteiger partial charge in [-0.25, -0.2) is 4.98 Å². The van der Waals surface area contributed by atoms with Crippen molar-refractivity contribution in [2.45, 2.75) is 25.4 Å². The summed E-state index contributed by atoms with van der Waals surface area (Å²) >= 11 is 0. The number of rotatable bonds is 6. The number of likely N-dealkylation sites (tertiary alicyclic amines) is 1. The fourth-order valence-corrected chi connectivity index (χ4v) is 5.68. The van der Waals surface area contributed by atoms with Gasteiger partial charge in [0.15, 0.2) is 5.82 Å². The first-order chi connectivity index (χ1) is 19.3. The van der Waals surface area contributed by atoms with E-state index in [1.165, 1.54) is 29.8 Å². The average Bonchev–Trinajstić information content (AvgIpc) is 3.69. The van der Waals surface area contributed by atoms with E-state index < -0.39 is 0 Å². The lowest BCUT2D eigenvalue weighted by atomic mass is 10.0. The summed E-state index contributed by atoms with van der Waals surface area (Å²) in [4.78, 5) is 10.0. The average molecular weight is 515 g/mol. The number of piperidine rings is 1. The third kappa shape index (κ3) is 4.75. The molecule has 2 aliphatic rings. The summed E-state index contributed by atoms with van der Waals surface area (Å²) in [5.41, 5.74) is 8.25. The zero-order valence-corrected chi connectivity index (χ0v) is 21.7. The van der Waals surface area contributed by atoms with Gasteiger partial charge in [0.2, 0.25) is 0 Å². The van der Waals surface area contributed by atoms with Gasteiger partial charge >= 0.3 is 0 Å². The van der Waals surface area contributed by atoms with Gasteiger partial charge in [0.25, 0.3) is 0 Å². The first-order valence-electron chi connectivity index (χ1n) is 13.5. The molecule has 1 fully saturated rings. The van der Waals surface area contributed by atoms with Gasteiger partial charge in [-0.2, -0.15) is 5.10 Å². The number of para-hydroxylation sites is 2. The Balaban J connectivity index is 1.07. The zero-order chi connectivity index (χ0) is 26.0. The molecule has 0 radical (unpaired) electrons. The van der Waals surface area contributed by atoms with Gasteiger partial charge in [-0.1, -0.05) is 66.7 Å². The second-order valence-corrected chi connectivity index (χ2v) is 10.2. The van der Waals surface area contributed by atoms with Gasteiger partial charge in [0.05, 0.1) is 18.0 Å². The summed E-state index contributed by atoms with van der Waals surface area (Å²) in [5, 5.41) is 19.5. The van der Waals surface area contributed by atoms with Crippen molar-refractivity contribution in [3.05, 3.63) is 96.7 Å². The number of aromatic nitrogens is 5. The molecule has 7 rings (SSSR count). The highest BCUT2D eigenvalue weighted by atomic mass is 15.3. The van der Waals surface area contributed by atoms with Crippen molar-refractivity contribution in [3.8, 4) is 34.0 Å². The normalized spacial score (nSPS) is 15.7. The van der Waals surface area contributed by atoms with E-state index in [4.69, 9.17) is 4.98 Å². The topological polar surface area (TPSA) is 85.9 Å². The summed E-state index contributed by atoms with van der Waals surface area (Å²) in [6, 6.07) is 29.9. The van der Waals surface area contributed by atoms with Gasteiger partial charge in [0.1, 0.15) is 17.1 Å². The predicted molar refractivity (Wildman–Crippen MR) is 154 cm³/mol. The Morgan fingerprint density at radius 1 is 0.769 bits per heavy atom. The molecular weight excluding hydrogens is 484 g/mol. The Morgan fingerprint density at radius 2 is 1.54 bits per heavy atom. The molecule has 8 heteroatoms. The number of hydrogen-bond acceptors (Lipinski definition) is 7. The summed E-state index contributed by atoms with van der Waals surface area (Å²) in [6.45, 7) is 4.07. The van der Waals surface area contributed by atoms with Crippen LogP contribution in [0, 0.1) is 0 Å². The summed E-state index contributed by atoms with van der Waals surface area (Å²) in [7, 11) is 0. The van der Waals surface area contributed by atoms with Crippen LogP contribution in [0.2, 0.25) is 0 Å². The van der Waals surface area contributed by atoms with Crippen LogP contribution in [0.4, 0.5) is 11.4 Å². The maximum atomic E-state index is 4.90. The van der Waals surface area contributed by atoms with Crippen LogP contribution < -0.4 is 10.2 Å². The van der Waals surface area contributed by atoms with Crippen LogP contribution in [-0.2, 0) is 6.54 Å². The van der Waals surface area contributed by atoms with Crippen molar-refractivity contribution in [2.24, 2.45) is 0 Å². The van der Waals surface area contributed by atoms with E-state index in [1.807, 2.05) is 36.4 Å². The monoisotopic (exact) mass is 514 g/mol. The summed E-state index contributed by atoms with van der Waals surface area (Å²) < 4.78 is 0. The second-order valence-electron chi connectivity index (χ2n) is 10.2. The first-order valence-corrected chi connectivity index (χ1v) is 13.5. The standard InChI is InChI=1S/C31H30N8/c1-2-6-23(7-3-1)30-29(34-31(37-36-30)27-14-17-33-35-27)24-12-10-22(11-13-24)20-38-18-15-25(16-19-38)39-21-32-26-8-4-5-9-28(26)39/h1-14,17,25,32H,15-16,18-21H2,(H,33,35). The SMILES string of the molecule is c1ccc(-c2nnc(-c3ccn[nH]3)nc2-c2ccc(CN3CCC(N4CNc5ccccc54)CC3)cc2)cc1. The van der Waals surface area contributed by atoms with Crippen LogP contribution in [-0.4, -0.2) is 56.1 Å². The molecular formula is C31H30N8. The highest BCUT2D eigenvalue weighted by Crippen LogP contribution is 2.35. The lowest BCUT2D eigenvalue weighted by Crippen LogP contribution is -2.44. The molecule has 4 heterocycles. The molecule has 3 aromatic carbocycles. The number of H-pyrrole nitrogens is 1. The molecule has 0 unspecified atom stereocenters. The van der Waals surface area contributed by atoms with E-state index in [-0.39, 0.29) is 0 Å². The van der Waals surface area contributed by atoms with Crippen LogP contribution in [0.25, 0.3) is 34.0 Å². The third-order valence-electron chi connectivity index (χ3n) is 7.76. The fraction of sp³-hybridized carbons (Fsp3) is 0.226. The number of fused-ring (bicyclic) bond motifs is 1. The Labute approximate surface area is 227 Å². The van der Waals surface area contributed by atoms with Crippen molar-refractivity contribution >= 4 is 11.4 Å². The molecule has 2 aliphatic heterocycles. The van der Waals surface area contributed by atoms with Gasteiger partial charge in [0, 0.05) is 43.0 Å². The molecule has 2 aromatic heterocycles. The molecule has 0 bridgehead atoms. The van der Waals surface area contributed by atoms with Crippen molar-refractivity contribution in [3.63, 3.8) is 0 Å². The Bertz CT molecular complexity index is 1540. The van der Waals surface area contributed by atoms with E-state index >= 15 is 0 Å². The molecule has 8 nitrogen and oxygen atoms in total. The molecule has 2 N–H and O–H groups in total. The molecule has 194 valence electrons. The second kappa shape index (κ2) is 10.3. The molecule has 0 amide bonds. The minimum Gasteiger partial charge on any atom is -0.366 e. The smallest absolute Gasteiger partial charge is 0.200 e. The lowest BCUT2D eigenvalue weighted by molar-refractivity contribution is 0.202. The minimum atomic E-state index is 0.532. The summed E-state index contributed by atoms with van der Waals surface area (Å²) in [6.07, 6.45) is 4.05. The van der Waals surface area contributed by atoms with E-state index in [0.29, 0.717) is 11.9 Å². The van der Waals surface area contributed by atoms with Gasteiger partial charge in [-0.05, 0) is 36.6 Å².